The second-order valence-electron chi connectivity index (χ2n) is 12.0. The van der Waals surface area contributed by atoms with Gasteiger partial charge in [-0.3, -0.25) is 9.97 Å². The predicted molar refractivity (Wildman–Crippen MR) is 162 cm³/mol. The third-order valence-corrected chi connectivity index (χ3v) is 7.18. The Morgan fingerprint density at radius 2 is 1.88 bits per heavy atom. The first-order valence-corrected chi connectivity index (χ1v) is 13.7. The molecule has 0 bridgehead atoms. The van der Waals surface area contributed by atoms with Gasteiger partial charge in [-0.1, -0.05) is 55.8 Å². The van der Waals surface area contributed by atoms with Crippen molar-refractivity contribution in [2.45, 2.75) is 46.2 Å². The Kier molecular flexibility index (Phi) is 7.54. The fourth-order valence-electron chi connectivity index (χ4n) is 4.59. The normalized spacial score (nSPS) is 12.8. The minimum atomic E-state index is -0.852. The zero-order valence-electron chi connectivity index (χ0n) is 23.7. The number of nitrogens with one attached hydrogen (secondary N) is 2. The van der Waals surface area contributed by atoms with E-state index in [-0.39, 0.29) is 5.41 Å². The third-order valence-electron chi connectivity index (χ3n) is 6.90. The molecule has 3 heterocycles. The van der Waals surface area contributed by atoms with Crippen LogP contribution in [-0.4, -0.2) is 38.2 Å². The van der Waals surface area contributed by atoms with Gasteiger partial charge in [0.05, 0.1) is 45.1 Å². The lowest BCUT2D eigenvalue weighted by molar-refractivity contribution is 0.232. The standard InChI is InChI=1S/C31H32ClFN8/c1-30(2,3)18-37-27-19(14-34)15-36-28-23(27)12-20(13-24(28)32)38-29(26-16-41(40-39-26)31(4,5)17-33)22-8-6-10-25-21(22)9-7-11-35-25/h6-13,15-16,29,38H,17-18H2,1-5H3,(H,36,37)/t29-/m0/s1. The number of halogens is 2. The number of nitriles is 1. The predicted octanol–water partition coefficient (Wildman–Crippen LogP) is 7.26. The quantitative estimate of drug-likeness (QED) is 0.202. The summed E-state index contributed by atoms with van der Waals surface area (Å²) in [5.41, 5.74) is 3.90. The van der Waals surface area contributed by atoms with Gasteiger partial charge in [0.15, 0.2) is 0 Å². The van der Waals surface area contributed by atoms with Gasteiger partial charge in [0.2, 0.25) is 0 Å². The molecule has 0 fully saturated rings. The maximum atomic E-state index is 13.8. The van der Waals surface area contributed by atoms with Crippen molar-refractivity contribution < 1.29 is 4.39 Å². The van der Waals surface area contributed by atoms with Gasteiger partial charge < -0.3 is 10.6 Å². The van der Waals surface area contributed by atoms with Crippen LogP contribution in [-0.2, 0) is 5.54 Å². The molecule has 5 rings (SSSR count). The van der Waals surface area contributed by atoms with Crippen LogP contribution < -0.4 is 10.6 Å². The number of nitrogens with zero attached hydrogens (tertiary/aromatic N) is 6. The highest BCUT2D eigenvalue weighted by Gasteiger charge is 2.26. The molecular weight excluding hydrogens is 539 g/mol. The van der Waals surface area contributed by atoms with E-state index in [9.17, 15) is 9.65 Å². The molecule has 10 heteroatoms. The van der Waals surface area contributed by atoms with Crippen molar-refractivity contribution in [3.8, 4) is 6.07 Å². The highest BCUT2D eigenvalue weighted by Crippen LogP contribution is 2.37. The van der Waals surface area contributed by atoms with Crippen LogP contribution >= 0.6 is 11.6 Å². The molecule has 0 saturated carbocycles. The first kappa shape index (κ1) is 28.2. The molecular formula is C31H32ClFN8. The number of alkyl halides is 1. The van der Waals surface area contributed by atoms with E-state index in [2.05, 4.69) is 57.8 Å². The van der Waals surface area contributed by atoms with E-state index in [1.807, 2.05) is 42.5 Å². The van der Waals surface area contributed by atoms with Gasteiger partial charge in [0, 0.05) is 35.4 Å². The molecule has 0 radical (unpaired) electrons. The smallest absolute Gasteiger partial charge is 0.114 e. The van der Waals surface area contributed by atoms with Crippen molar-refractivity contribution in [1.82, 2.24) is 25.0 Å². The van der Waals surface area contributed by atoms with Crippen molar-refractivity contribution in [2.24, 2.45) is 5.41 Å². The van der Waals surface area contributed by atoms with E-state index < -0.39 is 18.3 Å². The molecule has 0 saturated heterocycles. The minimum Gasteiger partial charge on any atom is -0.383 e. The van der Waals surface area contributed by atoms with Gasteiger partial charge >= 0.3 is 0 Å². The molecule has 0 unspecified atom stereocenters. The summed E-state index contributed by atoms with van der Waals surface area (Å²) >= 11 is 6.78. The molecule has 0 amide bonds. The molecule has 0 aliphatic carbocycles. The fourth-order valence-corrected chi connectivity index (χ4v) is 4.86. The highest BCUT2D eigenvalue weighted by molar-refractivity contribution is 6.35. The summed E-state index contributed by atoms with van der Waals surface area (Å²) in [5, 5.41) is 27.7. The highest BCUT2D eigenvalue weighted by atomic mass is 35.5. The fraction of sp³-hybridized carbons (Fsp3) is 0.323. The Morgan fingerprint density at radius 3 is 2.61 bits per heavy atom. The van der Waals surface area contributed by atoms with Crippen LogP contribution in [0.1, 0.15) is 57.5 Å². The molecule has 0 aliphatic rings. The molecule has 2 N–H and O–H groups in total. The van der Waals surface area contributed by atoms with Gasteiger partial charge in [-0.2, -0.15) is 5.26 Å². The van der Waals surface area contributed by atoms with Crippen molar-refractivity contribution in [3.05, 3.63) is 82.9 Å². The third kappa shape index (κ3) is 5.79. The van der Waals surface area contributed by atoms with Crippen LogP contribution in [0.4, 0.5) is 15.8 Å². The van der Waals surface area contributed by atoms with Crippen LogP contribution in [0.15, 0.2) is 61.1 Å². The number of rotatable bonds is 8. The van der Waals surface area contributed by atoms with Crippen LogP contribution in [0.5, 0.6) is 0 Å². The Hall–Kier alpha value is -4.29. The van der Waals surface area contributed by atoms with E-state index in [0.29, 0.717) is 39.7 Å². The summed E-state index contributed by atoms with van der Waals surface area (Å²) in [6.45, 7) is 9.96. The zero-order chi connectivity index (χ0) is 29.4. The number of pyridine rings is 2. The van der Waals surface area contributed by atoms with Gasteiger partial charge in [-0.25, -0.2) is 9.07 Å². The van der Waals surface area contributed by atoms with Crippen molar-refractivity contribution in [1.29, 1.82) is 5.26 Å². The Labute approximate surface area is 243 Å². The molecule has 0 spiro atoms. The lowest BCUT2D eigenvalue weighted by Crippen LogP contribution is -2.29. The SMILES string of the molecule is CC(C)(C)CNc1c(C#N)cnc2c(Cl)cc(N[C@H](c3cn(C(C)(C)CF)nn3)c3cccc4ncccc34)cc12. The van der Waals surface area contributed by atoms with Crippen LogP contribution in [0.25, 0.3) is 21.8 Å². The van der Waals surface area contributed by atoms with Crippen LogP contribution in [0.2, 0.25) is 5.02 Å². The number of hydrogen-bond donors (Lipinski definition) is 2. The molecule has 3 aromatic heterocycles. The van der Waals surface area contributed by atoms with Crippen LogP contribution in [0, 0.1) is 16.7 Å². The monoisotopic (exact) mass is 570 g/mol. The topological polar surface area (TPSA) is 104 Å². The lowest BCUT2D eigenvalue weighted by atomic mass is 9.96. The Balaban J connectivity index is 1.66. The van der Waals surface area contributed by atoms with Crippen molar-refractivity contribution in [2.75, 3.05) is 23.9 Å². The number of aromatic nitrogens is 5. The number of hydrogen-bond acceptors (Lipinski definition) is 7. The van der Waals surface area contributed by atoms with Gasteiger partial charge in [-0.05, 0) is 49.1 Å². The largest absolute Gasteiger partial charge is 0.383 e. The van der Waals surface area contributed by atoms with E-state index in [1.165, 1.54) is 0 Å². The molecule has 5 aromatic rings. The summed E-state index contributed by atoms with van der Waals surface area (Å²) < 4.78 is 15.4. The second-order valence-corrected chi connectivity index (χ2v) is 12.4. The molecule has 2 aromatic carbocycles. The molecule has 0 aliphatic heterocycles. The number of fused-ring (bicyclic) bond motifs is 2. The van der Waals surface area contributed by atoms with Gasteiger partial charge in [0.1, 0.15) is 18.4 Å². The summed E-state index contributed by atoms with van der Waals surface area (Å²) in [7, 11) is 0. The van der Waals surface area contributed by atoms with E-state index in [1.54, 1.807) is 37.1 Å². The first-order chi connectivity index (χ1) is 19.5. The molecule has 41 heavy (non-hydrogen) atoms. The molecule has 1 atom stereocenters. The summed E-state index contributed by atoms with van der Waals surface area (Å²) in [6.07, 6.45) is 5.06. The summed E-state index contributed by atoms with van der Waals surface area (Å²) in [6, 6.07) is 15.3. The van der Waals surface area contributed by atoms with E-state index >= 15 is 0 Å². The van der Waals surface area contributed by atoms with E-state index in [4.69, 9.17) is 11.6 Å². The zero-order valence-corrected chi connectivity index (χ0v) is 24.5. The molecule has 210 valence electrons. The number of benzene rings is 2. The Bertz CT molecular complexity index is 1760. The lowest BCUT2D eigenvalue weighted by Gasteiger charge is -2.23. The van der Waals surface area contributed by atoms with Crippen molar-refractivity contribution >= 4 is 44.8 Å². The van der Waals surface area contributed by atoms with E-state index in [0.717, 1.165) is 21.9 Å². The van der Waals surface area contributed by atoms with Crippen LogP contribution in [0.3, 0.4) is 0 Å². The average Bonchev–Trinajstić information content (AvgIpc) is 3.45. The number of anilines is 2. The maximum absolute atomic E-state index is 13.8. The maximum Gasteiger partial charge on any atom is 0.114 e. The Morgan fingerprint density at radius 1 is 1.07 bits per heavy atom. The van der Waals surface area contributed by atoms with Gasteiger partial charge in [-0.15, -0.1) is 5.10 Å². The molecule has 8 nitrogen and oxygen atoms in total. The minimum absolute atomic E-state index is 0.0192. The second kappa shape index (κ2) is 10.9. The average molecular weight is 571 g/mol. The summed E-state index contributed by atoms with van der Waals surface area (Å²) in [4.78, 5) is 9.00. The first-order valence-electron chi connectivity index (χ1n) is 13.4. The van der Waals surface area contributed by atoms with Crippen molar-refractivity contribution in [3.63, 3.8) is 0 Å². The summed E-state index contributed by atoms with van der Waals surface area (Å²) in [5.74, 6) is 0. The van der Waals surface area contributed by atoms with Gasteiger partial charge in [0.25, 0.3) is 0 Å².